The van der Waals surface area contributed by atoms with E-state index >= 15 is 0 Å². The highest BCUT2D eigenvalue weighted by atomic mass is 16.6. The van der Waals surface area contributed by atoms with Crippen LogP contribution >= 0.6 is 0 Å². The Labute approximate surface area is 138 Å². The second kappa shape index (κ2) is 6.99. The largest absolute Gasteiger partial charge is 0.444 e. The topological polar surface area (TPSA) is 46.6 Å². The number of piperidine rings is 1. The fraction of sp³-hybridized carbons (Fsp3) is 0.474. The van der Waals surface area contributed by atoms with Crippen LogP contribution in [0, 0.1) is 0 Å². The Balaban J connectivity index is 2.12. The van der Waals surface area contributed by atoms with Gasteiger partial charge in [0.05, 0.1) is 6.04 Å². The van der Waals surface area contributed by atoms with E-state index in [4.69, 9.17) is 4.74 Å². The summed E-state index contributed by atoms with van der Waals surface area (Å²) in [6, 6.07) is 9.11. The number of amides is 1. The van der Waals surface area contributed by atoms with Crippen LogP contribution in [0.4, 0.5) is 4.79 Å². The zero-order valence-corrected chi connectivity index (χ0v) is 14.2. The van der Waals surface area contributed by atoms with Crippen LogP contribution in [0.15, 0.2) is 42.5 Å². The van der Waals surface area contributed by atoms with Crippen LogP contribution in [-0.2, 0) is 16.0 Å². The average molecular weight is 315 g/mol. The van der Waals surface area contributed by atoms with Gasteiger partial charge in [-0.25, -0.2) is 4.79 Å². The molecule has 1 fully saturated rings. The van der Waals surface area contributed by atoms with Crippen LogP contribution in [0.5, 0.6) is 0 Å². The first-order valence-corrected chi connectivity index (χ1v) is 7.99. The van der Waals surface area contributed by atoms with Crippen LogP contribution in [0.25, 0.3) is 0 Å². The number of benzene rings is 1. The summed E-state index contributed by atoms with van der Waals surface area (Å²) in [5.74, 6) is 0.0305. The van der Waals surface area contributed by atoms with Crippen molar-refractivity contribution in [1.29, 1.82) is 0 Å². The molecule has 0 N–H and O–H groups in total. The van der Waals surface area contributed by atoms with Gasteiger partial charge >= 0.3 is 6.09 Å². The summed E-state index contributed by atoms with van der Waals surface area (Å²) in [6.45, 7) is 9.96. The molecule has 0 spiro atoms. The van der Waals surface area contributed by atoms with Crippen molar-refractivity contribution in [3.63, 3.8) is 0 Å². The van der Waals surface area contributed by atoms with Crippen LogP contribution in [-0.4, -0.2) is 35.0 Å². The molecular formula is C19H25NO3. The van der Waals surface area contributed by atoms with Gasteiger partial charge in [0.25, 0.3) is 0 Å². The number of hydrogen-bond acceptors (Lipinski definition) is 3. The highest BCUT2D eigenvalue weighted by Gasteiger charge is 2.35. The number of ketones is 1. The zero-order valence-electron chi connectivity index (χ0n) is 14.2. The fourth-order valence-corrected chi connectivity index (χ4v) is 2.66. The van der Waals surface area contributed by atoms with Gasteiger partial charge in [-0.15, -0.1) is 0 Å². The number of carbonyl (C=O) groups excluding carboxylic acids is 2. The van der Waals surface area contributed by atoms with Crippen molar-refractivity contribution in [2.75, 3.05) is 6.54 Å². The maximum Gasteiger partial charge on any atom is 0.410 e. The minimum atomic E-state index is -0.571. The van der Waals surface area contributed by atoms with Crippen LogP contribution < -0.4 is 0 Å². The lowest BCUT2D eigenvalue weighted by atomic mass is 9.92. The minimum absolute atomic E-state index is 0.0305. The van der Waals surface area contributed by atoms with Gasteiger partial charge in [-0.2, -0.15) is 0 Å². The summed E-state index contributed by atoms with van der Waals surface area (Å²) in [5, 5.41) is 0. The van der Waals surface area contributed by atoms with E-state index in [1.54, 1.807) is 4.90 Å². The van der Waals surface area contributed by atoms with E-state index in [0.29, 0.717) is 25.8 Å². The summed E-state index contributed by atoms with van der Waals surface area (Å²) in [6.07, 6.45) is 1.13. The van der Waals surface area contributed by atoms with Crippen molar-refractivity contribution in [2.45, 2.75) is 51.7 Å². The molecule has 124 valence electrons. The third-order valence-electron chi connectivity index (χ3n) is 3.79. The number of rotatable bonds is 3. The Morgan fingerprint density at radius 2 is 1.91 bits per heavy atom. The van der Waals surface area contributed by atoms with E-state index in [1.165, 1.54) is 0 Å². The van der Waals surface area contributed by atoms with Crippen LogP contribution in [0.3, 0.4) is 0 Å². The maximum absolute atomic E-state index is 12.7. The van der Waals surface area contributed by atoms with E-state index in [1.807, 2.05) is 51.1 Å². The normalized spacial score (nSPS) is 18.7. The summed E-state index contributed by atoms with van der Waals surface area (Å²) < 4.78 is 5.45. The molecule has 1 aliphatic rings. The third-order valence-corrected chi connectivity index (χ3v) is 3.79. The molecule has 1 saturated heterocycles. The van der Waals surface area contributed by atoms with Crippen molar-refractivity contribution < 1.29 is 14.3 Å². The van der Waals surface area contributed by atoms with Crippen molar-refractivity contribution in [3.8, 4) is 0 Å². The highest BCUT2D eigenvalue weighted by molar-refractivity contribution is 5.89. The number of Topliss-reactive ketones (excluding diaryl/α,β-unsaturated/α-hetero) is 1. The predicted molar refractivity (Wildman–Crippen MR) is 90.3 cm³/mol. The summed E-state index contributed by atoms with van der Waals surface area (Å²) >= 11 is 0. The first kappa shape index (κ1) is 17.3. The van der Waals surface area contributed by atoms with Crippen molar-refractivity contribution in [1.82, 2.24) is 4.90 Å². The van der Waals surface area contributed by atoms with Gasteiger partial charge in [0, 0.05) is 13.0 Å². The van der Waals surface area contributed by atoms with Gasteiger partial charge in [0.2, 0.25) is 0 Å². The zero-order chi connectivity index (χ0) is 17.0. The summed E-state index contributed by atoms with van der Waals surface area (Å²) in [4.78, 5) is 26.7. The maximum atomic E-state index is 12.7. The Bertz CT molecular complexity index is 586. The Morgan fingerprint density at radius 3 is 2.52 bits per heavy atom. The van der Waals surface area contributed by atoms with Crippen molar-refractivity contribution in [3.05, 3.63) is 48.0 Å². The molecule has 4 heteroatoms. The van der Waals surface area contributed by atoms with Crippen molar-refractivity contribution >= 4 is 11.9 Å². The molecule has 1 aliphatic heterocycles. The lowest BCUT2D eigenvalue weighted by molar-refractivity contribution is -0.124. The smallest absolute Gasteiger partial charge is 0.410 e. The fourth-order valence-electron chi connectivity index (χ4n) is 2.66. The average Bonchev–Trinajstić information content (AvgIpc) is 2.46. The second-order valence-electron chi connectivity index (χ2n) is 7.02. The molecular weight excluding hydrogens is 290 g/mol. The van der Waals surface area contributed by atoms with Gasteiger partial charge in [-0.3, -0.25) is 9.69 Å². The van der Waals surface area contributed by atoms with Gasteiger partial charge < -0.3 is 4.74 Å². The summed E-state index contributed by atoms with van der Waals surface area (Å²) in [5.41, 5.74) is 1.40. The third kappa shape index (κ3) is 4.95. The highest BCUT2D eigenvalue weighted by Crippen LogP contribution is 2.25. The molecule has 1 aromatic rings. The van der Waals surface area contributed by atoms with E-state index in [9.17, 15) is 9.59 Å². The minimum Gasteiger partial charge on any atom is -0.444 e. The number of carbonyl (C=O) groups is 2. The van der Waals surface area contributed by atoms with Crippen LogP contribution in [0.2, 0.25) is 0 Å². The van der Waals surface area contributed by atoms with Gasteiger partial charge in [0.15, 0.2) is 5.78 Å². The number of hydrogen-bond donors (Lipinski definition) is 0. The molecule has 1 aromatic carbocycles. The van der Waals surface area contributed by atoms with E-state index < -0.39 is 17.7 Å². The molecule has 4 nitrogen and oxygen atoms in total. The monoisotopic (exact) mass is 315 g/mol. The molecule has 0 unspecified atom stereocenters. The van der Waals surface area contributed by atoms with Crippen molar-refractivity contribution in [2.24, 2.45) is 0 Å². The lowest BCUT2D eigenvalue weighted by Crippen LogP contribution is -2.50. The predicted octanol–water partition coefficient (Wildman–Crippen LogP) is 3.75. The lowest BCUT2D eigenvalue weighted by Gasteiger charge is -2.36. The molecule has 0 aromatic heterocycles. The SMILES string of the molecule is C=C1CCN(C(=O)OC(C)(C)C)[C@@H](C(=O)Cc2ccccc2)C1. The van der Waals surface area contributed by atoms with E-state index in [0.717, 1.165) is 11.1 Å². The standard InChI is InChI=1S/C19H25NO3/c1-14-10-11-20(18(22)23-19(2,3)4)16(12-14)17(21)13-15-8-6-5-7-9-15/h5-9,16H,1,10-13H2,2-4H3/t16-/m1/s1. The Kier molecular flexibility index (Phi) is 5.24. The molecule has 23 heavy (non-hydrogen) atoms. The Hall–Kier alpha value is -2.10. The molecule has 0 aliphatic carbocycles. The molecule has 2 rings (SSSR count). The molecule has 1 amide bonds. The first-order chi connectivity index (χ1) is 10.8. The summed E-state index contributed by atoms with van der Waals surface area (Å²) in [7, 11) is 0. The number of nitrogens with zero attached hydrogens (tertiary/aromatic N) is 1. The molecule has 0 bridgehead atoms. The number of likely N-dealkylation sites (tertiary alicyclic amines) is 1. The molecule has 0 radical (unpaired) electrons. The second-order valence-corrected chi connectivity index (χ2v) is 7.02. The van der Waals surface area contributed by atoms with Crippen LogP contribution in [0.1, 0.15) is 39.2 Å². The van der Waals surface area contributed by atoms with E-state index in [2.05, 4.69) is 6.58 Å². The van der Waals surface area contributed by atoms with Gasteiger partial charge in [-0.1, -0.05) is 42.5 Å². The molecule has 0 saturated carbocycles. The number of ether oxygens (including phenoxy) is 1. The van der Waals surface area contributed by atoms with E-state index in [-0.39, 0.29) is 5.78 Å². The van der Waals surface area contributed by atoms with Gasteiger partial charge in [-0.05, 0) is 39.2 Å². The Morgan fingerprint density at radius 1 is 1.26 bits per heavy atom. The quantitative estimate of drug-likeness (QED) is 0.798. The van der Waals surface area contributed by atoms with Gasteiger partial charge in [0.1, 0.15) is 5.60 Å². The first-order valence-electron chi connectivity index (χ1n) is 7.99. The molecule has 1 atom stereocenters. The molecule has 1 heterocycles.